The van der Waals surface area contributed by atoms with Crippen molar-refractivity contribution in [3.8, 4) is 11.5 Å². The molecule has 13 heteroatoms. The number of para-hydroxylation sites is 2. The highest BCUT2D eigenvalue weighted by atomic mass is 35.5. The van der Waals surface area contributed by atoms with Crippen LogP contribution >= 0.6 is 12.4 Å². The first kappa shape index (κ1) is 28.7. The van der Waals surface area contributed by atoms with Gasteiger partial charge in [-0.3, -0.25) is 9.52 Å². The fraction of sp³-hybridized carbons (Fsp3) is 0.222. The number of nitrogens with two attached hydrogens (primary N) is 1. The van der Waals surface area contributed by atoms with Crippen LogP contribution in [0.15, 0.2) is 71.6 Å². The number of fused-ring (bicyclic) bond motifs is 1. The molecule has 210 valence electrons. The van der Waals surface area contributed by atoms with Crippen molar-refractivity contribution in [2.24, 2.45) is 5.73 Å². The average molecular weight is 585 g/mol. The number of aromatic nitrogens is 2. The van der Waals surface area contributed by atoms with Crippen LogP contribution in [-0.4, -0.2) is 51.1 Å². The van der Waals surface area contributed by atoms with Crippen LogP contribution < -0.4 is 30.1 Å². The number of sulfonamides is 1. The summed E-state index contributed by atoms with van der Waals surface area (Å²) in [6.45, 7) is 0.610. The van der Waals surface area contributed by atoms with E-state index in [4.69, 9.17) is 15.2 Å². The van der Waals surface area contributed by atoms with Crippen LogP contribution in [0.3, 0.4) is 0 Å². The summed E-state index contributed by atoms with van der Waals surface area (Å²) in [5.41, 5.74) is 7.81. The maximum atomic E-state index is 13.6. The van der Waals surface area contributed by atoms with Crippen LogP contribution in [0, 0.1) is 0 Å². The molecule has 4 N–H and O–H groups in total. The molecule has 0 saturated carbocycles. The van der Waals surface area contributed by atoms with E-state index in [1.165, 1.54) is 26.4 Å². The minimum absolute atomic E-state index is 0. The molecule has 40 heavy (non-hydrogen) atoms. The zero-order chi connectivity index (χ0) is 27.6. The number of amides is 1. The second kappa shape index (κ2) is 11.8. The smallest absolute Gasteiger partial charge is 0.263 e. The van der Waals surface area contributed by atoms with Crippen molar-refractivity contribution >= 4 is 62.4 Å². The lowest BCUT2D eigenvalue weighted by Gasteiger charge is -2.24. The maximum Gasteiger partial charge on any atom is 0.263 e. The van der Waals surface area contributed by atoms with Gasteiger partial charge in [-0.25, -0.2) is 18.4 Å². The first-order valence-corrected chi connectivity index (χ1v) is 13.7. The third-order valence-corrected chi connectivity index (χ3v) is 7.79. The van der Waals surface area contributed by atoms with E-state index in [2.05, 4.69) is 20.0 Å². The molecule has 5 rings (SSSR count). The van der Waals surface area contributed by atoms with Crippen molar-refractivity contribution in [2.75, 3.05) is 35.7 Å². The summed E-state index contributed by atoms with van der Waals surface area (Å²) in [6.07, 6.45) is 1.42. The van der Waals surface area contributed by atoms with Crippen LogP contribution in [0.25, 0.3) is 11.0 Å². The van der Waals surface area contributed by atoms with Crippen LogP contribution in [0.2, 0.25) is 0 Å². The van der Waals surface area contributed by atoms with Gasteiger partial charge in [0.05, 0.1) is 30.1 Å². The minimum atomic E-state index is -4.10. The number of primary amides is 1. The molecule has 0 spiro atoms. The number of hydrogen-bond donors (Lipinski definition) is 3. The molecule has 1 fully saturated rings. The summed E-state index contributed by atoms with van der Waals surface area (Å²) < 4.78 is 40.4. The van der Waals surface area contributed by atoms with Crippen molar-refractivity contribution in [2.45, 2.75) is 23.8 Å². The number of anilines is 4. The Kier molecular flexibility index (Phi) is 8.50. The lowest BCUT2D eigenvalue weighted by atomic mass is 10.2. The summed E-state index contributed by atoms with van der Waals surface area (Å²) in [5.74, 6) is 0.853. The van der Waals surface area contributed by atoms with Gasteiger partial charge in [0.15, 0.2) is 11.6 Å². The van der Waals surface area contributed by atoms with Crippen LogP contribution in [0.1, 0.15) is 12.8 Å². The van der Waals surface area contributed by atoms with Gasteiger partial charge in [0.1, 0.15) is 17.5 Å². The van der Waals surface area contributed by atoms with Gasteiger partial charge in [0.25, 0.3) is 10.0 Å². The molecule has 1 atom stereocenters. The van der Waals surface area contributed by atoms with Gasteiger partial charge >= 0.3 is 0 Å². The SMILES string of the molecule is COc1cc(Nc2nc3ccccc3nc2NS(=O)(=O)c2cccc(N3CCCC3C(N)=O)c2)cc(OC)c1.Cl. The molecule has 2 heterocycles. The van der Waals surface area contributed by atoms with E-state index in [-0.39, 0.29) is 28.9 Å². The van der Waals surface area contributed by atoms with E-state index >= 15 is 0 Å². The van der Waals surface area contributed by atoms with E-state index in [0.717, 1.165) is 6.42 Å². The molecule has 1 amide bonds. The lowest BCUT2D eigenvalue weighted by Crippen LogP contribution is -2.40. The highest BCUT2D eigenvalue weighted by molar-refractivity contribution is 7.92. The van der Waals surface area contributed by atoms with E-state index in [1.54, 1.807) is 48.5 Å². The number of nitrogens with zero attached hydrogens (tertiary/aromatic N) is 3. The molecule has 1 aromatic heterocycles. The molecule has 1 aliphatic rings. The minimum Gasteiger partial charge on any atom is -0.497 e. The maximum absolute atomic E-state index is 13.6. The van der Waals surface area contributed by atoms with Gasteiger partial charge in [-0.2, -0.15) is 0 Å². The normalized spacial score (nSPS) is 14.8. The Labute approximate surface area is 238 Å². The fourth-order valence-electron chi connectivity index (χ4n) is 4.56. The van der Waals surface area contributed by atoms with Gasteiger partial charge in [-0.15, -0.1) is 12.4 Å². The molecule has 1 aliphatic heterocycles. The molecule has 0 aliphatic carbocycles. The standard InChI is InChI=1S/C27H28N6O5S.ClH/c1-37-19-13-17(14-20(16-19)38-2)29-26-27(31-23-10-4-3-9-22(23)30-26)32-39(35,36)21-8-5-7-18(15-21)33-12-6-11-24(33)25(28)34;/h3-5,7-10,13-16,24H,6,11-12H2,1-2H3,(H2,28,34)(H,29,30)(H,31,32);1H. The van der Waals surface area contributed by atoms with E-state index in [1.807, 2.05) is 11.0 Å². The number of ether oxygens (including phenoxy) is 2. The lowest BCUT2D eigenvalue weighted by molar-refractivity contribution is -0.119. The number of benzene rings is 3. The molecule has 0 bridgehead atoms. The fourth-order valence-corrected chi connectivity index (χ4v) is 5.61. The van der Waals surface area contributed by atoms with Crippen LogP contribution in [0.5, 0.6) is 11.5 Å². The van der Waals surface area contributed by atoms with Crippen molar-refractivity contribution in [3.63, 3.8) is 0 Å². The number of halogens is 1. The number of rotatable bonds is 9. The van der Waals surface area contributed by atoms with Crippen LogP contribution in [0.4, 0.5) is 23.0 Å². The Morgan fingerprint density at radius 1 is 0.950 bits per heavy atom. The van der Waals surface area contributed by atoms with E-state index in [0.29, 0.717) is 46.9 Å². The Morgan fingerprint density at radius 2 is 1.60 bits per heavy atom. The number of nitrogens with one attached hydrogen (secondary N) is 2. The topological polar surface area (TPSA) is 149 Å². The van der Waals surface area contributed by atoms with Gasteiger partial charge in [0.2, 0.25) is 5.91 Å². The highest BCUT2D eigenvalue weighted by Crippen LogP contribution is 2.32. The number of hydrogen-bond acceptors (Lipinski definition) is 9. The largest absolute Gasteiger partial charge is 0.497 e. The molecule has 1 unspecified atom stereocenters. The van der Waals surface area contributed by atoms with Crippen molar-refractivity contribution < 1.29 is 22.7 Å². The molecule has 11 nitrogen and oxygen atoms in total. The Hall–Kier alpha value is -4.29. The number of carbonyl (C=O) groups is 1. The molecule has 1 saturated heterocycles. The summed E-state index contributed by atoms with van der Waals surface area (Å²) in [7, 11) is -1.02. The molecule has 3 aromatic carbocycles. The average Bonchev–Trinajstić information content (AvgIpc) is 3.44. The van der Waals surface area contributed by atoms with E-state index < -0.39 is 22.0 Å². The van der Waals surface area contributed by atoms with Crippen LogP contribution in [-0.2, 0) is 14.8 Å². The monoisotopic (exact) mass is 584 g/mol. The molecular formula is C27H29ClN6O5S. The zero-order valence-electron chi connectivity index (χ0n) is 21.8. The molecule has 0 radical (unpaired) electrons. The zero-order valence-corrected chi connectivity index (χ0v) is 23.5. The third kappa shape index (κ3) is 5.97. The highest BCUT2D eigenvalue weighted by Gasteiger charge is 2.30. The summed E-state index contributed by atoms with van der Waals surface area (Å²) in [5, 5.41) is 3.14. The van der Waals surface area contributed by atoms with Gasteiger partial charge in [-0.05, 0) is 43.2 Å². The van der Waals surface area contributed by atoms with Crippen molar-refractivity contribution in [3.05, 3.63) is 66.7 Å². The second-order valence-electron chi connectivity index (χ2n) is 8.99. The Morgan fingerprint density at radius 3 is 2.23 bits per heavy atom. The molecule has 4 aromatic rings. The first-order valence-electron chi connectivity index (χ1n) is 12.2. The first-order chi connectivity index (χ1) is 18.8. The summed E-state index contributed by atoms with van der Waals surface area (Å²) >= 11 is 0. The Balaban J connectivity index is 0.00000370. The van der Waals surface area contributed by atoms with Gasteiger partial charge in [0, 0.05) is 36.1 Å². The molecular weight excluding hydrogens is 556 g/mol. The predicted molar refractivity (Wildman–Crippen MR) is 156 cm³/mol. The second-order valence-corrected chi connectivity index (χ2v) is 10.7. The third-order valence-electron chi connectivity index (χ3n) is 6.46. The number of methoxy groups -OCH3 is 2. The summed E-state index contributed by atoms with van der Waals surface area (Å²) in [4.78, 5) is 22.9. The summed E-state index contributed by atoms with van der Waals surface area (Å²) in [6, 6.07) is 18.3. The Bertz CT molecular complexity index is 1630. The number of carbonyl (C=O) groups excluding carboxylic acids is 1. The van der Waals surface area contributed by atoms with Gasteiger partial charge in [-0.1, -0.05) is 18.2 Å². The predicted octanol–water partition coefficient (Wildman–Crippen LogP) is 4.07. The van der Waals surface area contributed by atoms with Gasteiger partial charge < -0.3 is 25.4 Å². The van der Waals surface area contributed by atoms with Crippen molar-refractivity contribution in [1.82, 2.24) is 9.97 Å². The quantitative estimate of drug-likeness (QED) is 0.265. The van der Waals surface area contributed by atoms with E-state index in [9.17, 15) is 13.2 Å². The van der Waals surface area contributed by atoms with Crippen molar-refractivity contribution in [1.29, 1.82) is 0 Å².